The summed E-state index contributed by atoms with van der Waals surface area (Å²) in [7, 11) is 0. The van der Waals surface area contributed by atoms with Gasteiger partial charge in [-0.1, -0.05) is 12.1 Å². The topological polar surface area (TPSA) is 212 Å². The highest BCUT2D eigenvalue weighted by Gasteiger charge is 2.41. The van der Waals surface area contributed by atoms with Crippen molar-refractivity contribution in [1.29, 1.82) is 0 Å². The third-order valence-corrected chi connectivity index (χ3v) is 9.61. The van der Waals surface area contributed by atoms with Gasteiger partial charge in [0, 0.05) is 51.6 Å². The predicted octanol–water partition coefficient (Wildman–Crippen LogP) is 0.752. The molecule has 0 saturated carbocycles. The zero-order valence-corrected chi connectivity index (χ0v) is 29.2. The first-order valence-corrected chi connectivity index (χ1v) is 17.6. The standard InChI is InChI=1S/C34H46F6N6O8/c35-33(36,37)21-6-4-20(5-7-21)8-11-41-31(54)23-14-22(48)17-46(23)27-15-26(43-32(44-27)34(38,39)40)45-12-9-19(10-13-45)2-1-3-28(51)42-16-24(49)29(52)30(53)25(50)18-47/h4-7,15,19,22-25,29-30,47-50,52-53H,1-3,8-14,16-18H2,(H,41,54)(H,42,51)/t22-,23+,24?,25?,29?,30?/m1/s1. The van der Waals surface area contributed by atoms with Crippen LogP contribution in [0.2, 0.25) is 0 Å². The smallest absolute Gasteiger partial charge is 0.394 e. The Hall–Kier alpha value is -3.82. The molecule has 4 unspecified atom stereocenters. The average molecular weight is 781 g/mol. The molecule has 2 aromatic rings. The van der Waals surface area contributed by atoms with E-state index in [0.717, 1.165) is 12.1 Å². The van der Waals surface area contributed by atoms with Crippen molar-refractivity contribution in [2.75, 3.05) is 49.1 Å². The van der Waals surface area contributed by atoms with Crippen molar-refractivity contribution in [2.45, 2.75) is 93.9 Å². The summed E-state index contributed by atoms with van der Waals surface area (Å²) in [6.07, 6.45) is -14.9. The van der Waals surface area contributed by atoms with Gasteiger partial charge in [0.25, 0.3) is 0 Å². The number of aliphatic hydroxyl groups excluding tert-OH is 6. The molecule has 3 heterocycles. The highest BCUT2D eigenvalue weighted by Crippen LogP contribution is 2.35. The van der Waals surface area contributed by atoms with Gasteiger partial charge < -0.3 is 51.1 Å². The Labute approximate surface area is 306 Å². The fourth-order valence-electron chi connectivity index (χ4n) is 6.47. The van der Waals surface area contributed by atoms with E-state index in [1.807, 2.05) is 0 Å². The number of halogens is 6. The molecule has 6 atom stereocenters. The number of alkyl halides is 6. The lowest BCUT2D eigenvalue weighted by Crippen LogP contribution is -2.49. The molecule has 1 aromatic heterocycles. The summed E-state index contributed by atoms with van der Waals surface area (Å²) in [6, 6.07) is 4.71. The van der Waals surface area contributed by atoms with Gasteiger partial charge in [-0.25, -0.2) is 9.97 Å². The number of benzene rings is 1. The molecule has 2 aliphatic rings. The molecular formula is C34H46F6N6O8. The lowest BCUT2D eigenvalue weighted by atomic mass is 9.91. The normalized spacial score (nSPS) is 20.7. The summed E-state index contributed by atoms with van der Waals surface area (Å²) in [6.45, 7) is -0.696. The predicted molar refractivity (Wildman–Crippen MR) is 180 cm³/mol. The SMILES string of the molecule is O=C(CCCC1CCN(c2cc(N3C[C@H](O)C[C@H]3C(=O)NCCc3ccc(C(F)(F)F)cc3)nc(C(F)(F)F)n2)CC1)NCC(O)C(O)C(O)C(O)CO. The van der Waals surface area contributed by atoms with Crippen LogP contribution in [0.5, 0.6) is 0 Å². The fourth-order valence-corrected chi connectivity index (χ4v) is 6.47. The number of anilines is 2. The zero-order valence-electron chi connectivity index (χ0n) is 29.2. The third-order valence-electron chi connectivity index (χ3n) is 9.61. The number of rotatable bonds is 16. The van der Waals surface area contributed by atoms with Crippen LogP contribution in [0, 0.1) is 5.92 Å². The summed E-state index contributed by atoms with van der Waals surface area (Å²) in [5.74, 6) is -2.50. The third kappa shape index (κ3) is 11.8. The molecule has 54 heavy (non-hydrogen) atoms. The average Bonchev–Trinajstić information content (AvgIpc) is 3.54. The lowest BCUT2D eigenvalue weighted by Gasteiger charge is -2.34. The van der Waals surface area contributed by atoms with Crippen molar-refractivity contribution in [2.24, 2.45) is 5.92 Å². The van der Waals surface area contributed by atoms with Crippen LogP contribution in [-0.2, 0) is 28.4 Å². The number of aromatic nitrogens is 2. The Morgan fingerprint density at radius 3 is 2.13 bits per heavy atom. The van der Waals surface area contributed by atoms with Gasteiger partial charge in [0.1, 0.15) is 36.0 Å². The van der Waals surface area contributed by atoms with Crippen molar-refractivity contribution in [3.8, 4) is 0 Å². The molecule has 0 spiro atoms. The number of hydrogen-bond acceptors (Lipinski definition) is 12. The summed E-state index contributed by atoms with van der Waals surface area (Å²) in [4.78, 5) is 35.9. The van der Waals surface area contributed by atoms with Crippen LogP contribution in [0.15, 0.2) is 30.3 Å². The van der Waals surface area contributed by atoms with Gasteiger partial charge in [0.05, 0.1) is 24.4 Å². The molecule has 20 heteroatoms. The first-order chi connectivity index (χ1) is 25.4. The summed E-state index contributed by atoms with van der Waals surface area (Å²) in [5, 5.41) is 63.3. The molecule has 2 amide bonds. The Morgan fingerprint density at radius 2 is 1.52 bits per heavy atom. The number of hydrogen-bond donors (Lipinski definition) is 8. The second-order valence-electron chi connectivity index (χ2n) is 13.6. The van der Waals surface area contributed by atoms with E-state index >= 15 is 0 Å². The quantitative estimate of drug-likeness (QED) is 0.111. The van der Waals surface area contributed by atoms with Crippen LogP contribution in [0.25, 0.3) is 0 Å². The minimum Gasteiger partial charge on any atom is -0.394 e. The molecular weight excluding hydrogens is 734 g/mol. The first kappa shape index (κ1) is 42.9. The van der Waals surface area contributed by atoms with Gasteiger partial charge in [0.2, 0.25) is 17.6 Å². The monoisotopic (exact) mass is 780 g/mol. The Kier molecular flexibility index (Phi) is 14.8. The number of carbonyl (C=O) groups is 2. The number of amides is 2. The highest BCUT2D eigenvalue weighted by atomic mass is 19.4. The van der Waals surface area contributed by atoms with E-state index in [0.29, 0.717) is 44.3 Å². The number of β-amino-alcohol motifs (C(OH)–C–C–N with tert-alkyl or cyclic N) is 1. The van der Waals surface area contributed by atoms with Gasteiger partial charge in [-0.2, -0.15) is 26.3 Å². The molecule has 1 aromatic carbocycles. The van der Waals surface area contributed by atoms with Gasteiger partial charge in [-0.05, 0) is 55.7 Å². The van der Waals surface area contributed by atoms with E-state index in [2.05, 4.69) is 20.6 Å². The molecule has 0 bridgehead atoms. The van der Waals surface area contributed by atoms with E-state index in [-0.39, 0.29) is 49.9 Å². The minimum absolute atomic E-state index is 0.00891. The second kappa shape index (κ2) is 18.7. The van der Waals surface area contributed by atoms with Crippen molar-refractivity contribution >= 4 is 23.5 Å². The number of nitrogens with zero attached hydrogens (tertiary/aromatic N) is 4. The van der Waals surface area contributed by atoms with Crippen molar-refractivity contribution in [3.63, 3.8) is 0 Å². The number of piperidine rings is 1. The van der Waals surface area contributed by atoms with Crippen LogP contribution in [0.4, 0.5) is 38.0 Å². The van der Waals surface area contributed by atoms with E-state index in [4.69, 9.17) is 5.11 Å². The largest absolute Gasteiger partial charge is 0.451 e. The van der Waals surface area contributed by atoms with Gasteiger partial charge in [-0.3, -0.25) is 9.59 Å². The summed E-state index contributed by atoms with van der Waals surface area (Å²) < 4.78 is 80.6. The molecule has 0 radical (unpaired) electrons. The van der Waals surface area contributed by atoms with Gasteiger partial charge in [0.15, 0.2) is 0 Å². The highest BCUT2D eigenvalue weighted by molar-refractivity contribution is 5.86. The maximum absolute atomic E-state index is 14.0. The van der Waals surface area contributed by atoms with Crippen LogP contribution >= 0.6 is 0 Å². The second-order valence-corrected chi connectivity index (χ2v) is 13.6. The molecule has 4 rings (SSSR count). The fraction of sp³-hybridized carbons (Fsp3) is 0.647. The van der Waals surface area contributed by atoms with E-state index in [1.54, 1.807) is 4.90 Å². The zero-order chi connectivity index (χ0) is 39.8. The van der Waals surface area contributed by atoms with Gasteiger partial charge in [-0.15, -0.1) is 0 Å². The van der Waals surface area contributed by atoms with E-state index < -0.39 is 85.3 Å². The van der Waals surface area contributed by atoms with Crippen molar-refractivity contribution in [1.82, 2.24) is 20.6 Å². The molecule has 2 fully saturated rings. The van der Waals surface area contributed by atoms with E-state index in [1.165, 1.54) is 23.1 Å². The maximum Gasteiger partial charge on any atom is 0.451 e. The number of carbonyl (C=O) groups excluding carboxylic acids is 2. The summed E-state index contributed by atoms with van der Waals surface area (Å²) >= 11 is 0. The Morgan fingerprint density at radius 1 is 0.889 bits per heavy atom. The molecule has 2 saturated heterocycles. The number of aliphatic hydroxyl groups is 6. The molecule has 8 N–H and O–H groups in total. The Bertz CT molecular complexity index is 1530. The van der Waals surface area contributed by atoms with Crippen LogP contribution in [0.1, 0.15) is 55.5 Å². The van der Waals surface area contributed by atoms with E-state index in [9.17, 15) is 61.5 Å². The van der Waals surface area contributed by atoms with Crippen molar-refractivity contribution in [3.05, 3.63) is 47.3 Å². The molecule has 0 aliphatic carbocycles. The minimum atomic E-state index is -4.92. The molecule has 302 valence electrons. The first-order valence-electron chi connectivity index (χ1n) is 17.6. The lowest BCUT2D eigenvalue weighted by molar-refractivity contribution is -0.144. The summed E-state index contributed by atoms with van der Waals surface area (Å²) in [5.41, 5.74) is -0.285. The Balaban J connectivity index is 1.31. The molecule has 14 nitrogen and oxygen atoms in total. The molecule has 2 aliphatic heterocycles. The van der Waals surface area contributed by atoms with Crippen molar-refractivity contribution < 1.29 is 66.6 Å². The maximum atomic E-state index is 14.0. The van der Waals surface area contributed by atoms with Gasteiger partial charge >= 0.3 is 12.4 Å². The van der Waals surface area contributed by atoms with Crippen LogP contribution in [0.3, 0.4) is 0 Å². The van der Waals surface area contributed by atoms with Crippen LogP contribution in [-0.4, -0.2) is 128 Å². The van der Waals surface area contributed by atoms with Crippen LogP contribution < -0.4 is 20.4 Å². The number of nitrogens with one attached hydrogen (secondary N) is 2.